The van der Waals surface area contributed by atoms with E-state index in [1.807, 2.05) is 12.3 Å². The lowest BCUT2D eigenvalue weighted by Crippen LogP contribution is -2.18. The molecular weight excluding hydrogens is 332 g/mol. The van der Waals surface area contributed by atoms with Gasteiger partial charge >= 0.3 is 0 Å². The fourth-order valence-corrected chi connectivity index (χ4v) is 3.52. The molecule has 86 valence electrons. The van der Waals surface area contributed by atoms with Gasteiger partial charge in [-0.15, -0.1) is 0 Å². The third-order valence-electron chi connectivity index (χ3n) is 3.75. The van der Waals surface area contributed by atoms with Crippen LogP contribution in [0, 0.1) is 11.3 Å². The molecule has 0 radical (unpaired) electrons. The zero-order chi connectivity index (χ0) is 11.2. The lowest BCUT2D eigenvalue weighted by molar-refractivity contribution is 0.466. The average molecular weight is 346 g/mol. The number of aromatic nitrogens is 1. The number of nitrogens with one attached hydrogen (secondary N) is 1. The van der Waals surface area contributed by atoms with Gasteiger partial charge in [0, 0.05) is 17.2 Å². The fourth-order valence-electron chi connectivity index (χ4n) is 2.39. The molecule has 3 rings (SSSR count). The number of hydrogen-bond acceptors (Lipinski definition) is 2. The fraction of sp³-hybridized carbons (Fsp3) is 0.583. The van der Waals surface area contributed by atoms with Crippen molar-refractivity contribution in [3.05, 3.63) is 21.2 Å². The van der Waals surface area contributed by atoms with E-state index in [0.717, 1.165) is 27.2 Å². The van der Waals surface area contributed by atoms with Crippen LogP contribution < -0.4 is 5.32 Å². The predicted octanol–water partition coefficient (Wildman–Crippen LogP) is 4.21. The summed E-state index contributed by atoms with van der Waals surface area (Å²) < 4.78 is 2.04. The van der Waals surface area contributed by atoms with E-state index >= 15 is 0 Å². The highest BCUT2D eigenvalue weighted by Gasteiger charge is 2.53. The molecule has 0 spiro atoms. The van der Waals surface area contributed by atoms with Crippen molar-refractivity contribution < 1.29 is 0 Å². The lowest BCUT2D eigenvalue weighted by Gasteiger charge is -2.16. The highest BCUT2D eigenvalue weighted by atomic mass is 79.9. The lowest BCUT2D eigenvalue weighted by atomic mass is 10.0. The van der Waals surface area contributed by atoms with Gasteiger partial charge in [-0.1, -0.05) is 0 Å². The van der Waals surface area contributed by atoms with E-state index in [9.17, 15) is 0 Å². The van der Waals surface area contributed by atoms with Gasteiger partial charge in [0.05, 0.1) is 4.47 Å². The summed E-state index contributed by atoms with van der Waals surface area (Å²) in [6.45, 7) is 1.09. The van der Waals surface area contributed by atoms with Crippen LogP contribution in [0.1, 0.15) is 25.7 Å². The minimum absolute atomic E-state index is 0.619. The molecule has 16 heavy (non-hydrogen) atoms. The molecule has 4 heteroatoms. The van der Waals surface area contributed by atoms with Gasteiger partial charge in [0.2, 0.25) is 0 Å². The number of pyridine rings is 1. The summed E-state index contributed by atoms with van der Waals surface area (Å²) in [5, 5.41) is 3.49. The van der Waals surface area contributed by atoms with Crippen LogP contribution in [0.3, 0.4) is 0 Å². The van der Waals surface area contributed by atoms with E-state index < -0.39 is 0 Å². The molecule has 0 saturated heterocycles. The molecule has 1 aromatic rings. The molecule has 2 aliphatic rings. The zero-order valence-corrected chi connectivity index (χ0v) is 12.1. The van der Waals surface area contributed by atoms with Crippen molar-refractivity contribution in [1.29, 1.82) is 0 Å². The minimum atomic E-state index is 0.619. The Morgan fingerprint density at radius 2 is 2.12 bits per heavy atom. The molecule has 0 aromatic carbocycles. The van der Waals surface area contributed by atoms with Gasteiger partial charge in [-0.25, -0.2) is 4.98 Å². The Kier molecular flexibility index (Phi) is 2.75. The molecule has 0 unspecified atom stereocenters. The quantitative estimate of drug-likeness (QED) is 0.884. The van der Waals surface area contributed by atoms with Gasteiger partial charge in [-0.05, 0) is 74.9 Å². The highest BCUT2D eigenvalue weighted by Crippen LogP contribution is 2.61. The highest BCUT2D eigenvalue weighted by molar-refractivity contribution is 9.11. The number of hydrogen-bond donors (Lipinski definition) is 1. The Hall–Kier alpha value is -0.0900. The second-order valence-electron chi connectivity index (χ2n) is 4.97. The first-order chi connectivity index (χ1) is 7.70. The smallest absolute Gasteiger partial charge is 0.140 e. The minimum Gasteiger partial charge on any atom is -0.369 e. The largest absolute Gasteiger partial charge is 0.369 e. The molecule has 1 N–H and O–H groups in total. The van der Waals surface area contributed by atoms with Crippen molar-refractivity contribution in [2.75, 3.05) is 11.9 Å². The molecule has 0 amide bonds. The monoisotopic (exact) mass is 344 g/mol. The molecule has 2 fully saturated rings. The van der Waals surface area contributed by atoms with Crippen molar-refractivity contribution >= 4 is 37.7 Å². The first-order valence-corrected chi connectivity index (χ1v) is 7.33. The molecule has 1 aromatic heterocycles. The SMILES string of the molecule is Brc1cnc(NCC2(C3CC3)CC2)c(Br)c1. The van der Waals surface area contributed by atoms with Crippen LogP contribution in [0.15, 0.2) is 21.2 Å². The number of halogens is 2. The van der Waals surface area contributed by atoms with E-state index in [1.165, 1.54) is 25.7 Å². The molecule has 0 bridgehead atoms. The first kappa shape index (κ1) is 11.0. The van der Waals surface area contributed by atoms with E-state index in [4.69, 9.17) is 0 Å². The van der Waals surface area contributed by atoms with Crippen LogP contribution in [0.2, 0.25) is 0 Å². The number of rotatable bonds is 4. The Bertz CT molecular complexity index is 411. The van der Waals surface area contributed by atoms with Gasteiger partial charge in [0.1, 0.15) is 5.82 Å². The summed E-state index contributed by atoms with van der Waals surface area (Å²) in [5.74, 6) is 1.96. The Labute approximate surface area is 112 Å². The van der Waals surface area contributed by atoms with Gasteiger partial charge in [-0.3, -0.25) is 0 Å². The maximum atomic E-state index is 4.38. The third kappa shape index (κ3) is 2.14. The van der Waals surface area contributed by atoms with E-state index in [0.29, 0.717) is 5.41 Å². The van der Waals surface area contributed by atoms with Crippen molar-refractivity contribution in [1.82, 2.24) is 4.98 Å². The Morgan fingerprint density at radius 1 is 1.38 bits per heavy atom. The van der Waals surface area contributed by atoms with Crippen LogP contribution in [-0.2, 0) is 0 Å². The van der Waals surface area contributed by atoms with Crippen LogP contribution in [-0.4, -0.2) is 11.5 Å². The van der Waals surface area contributed by atoms with Crippen molar-refractivity contribution in [3.63, 3.8) is 0 Å². The van der Waals surface area contributed by atoms with Gasteiger partial charge in [0.25, 0.3) is 0 Å². The van der Waals surface area contributed by atoms with Crippen LogP contribution in [0.25, 0.3) is 0 Å². The average Bonchev–Trinajstić information content (AvgIpc) is 3.11. The third-order valence-corrected chi connectivity index (χ3v) is 4.79. The molecule has 2 saturated carbocycles. The summed E-state index contributed by atoms with van der Waals surface area (Å²) >= 11 is 6.95. The summed E-state index contributed by atoms with van der Waals surface area (Å²) in [7, 11) is 0. The summed E-state index contributed by atoms with van der Waals surface area (Å²) in [6, 6.07) is 2.03. The molecular formula is C12H14Br2N2. The van der Waals surface area contributed by atoms with Crippen molar-refractivity contribution in [3.8, 4) is 0 Å². The van der Waals surface area contributed by atoms with E-state index in [2.05, 4.69) is 42.2 Å². The second-order valence-corrected chi connectivity index (χ2v) is 6.74. The van der Waals surface area contributed by atoms with Crippen molar-refractivity contribution in [2.45, 2.75) is 25.7 Å². The molecule has 0 aliphatic heterocycles. The topological polar surface area (TPSA) is 24.9 Å². The maximum absolute atomic E-state index is 4.38. The summed E-state index contributed by atoms with van der Waals surface area (Å²) in [4.78, 5) is 4.38. The number of anilines is 1. The van der Waals surface area contributed by atoms with Crippen LogP contribution in [0.5, 0.6) is 0 Å². The van der Waals surface area contributed by atoms with Crippen LogP contribution in [0.4, 0.5) is 5.82 Å². The number of nitrogens with zero attached hydrogens (tertiary/aromatic N) is 1. The molecule has 2 aliphatic carbocycles. The van der Waals surface area contributed by atoms with Gasteiger partial charge < -0.3 is 5.32 Å². The summed E-state index contributed by atoms with van der Waals surface area (Å²) in [6.07, 6.45) is 7.52. The Balaban J connectivity index is 1.66. The standard InChI is InChI=1S/C12H14Br2N2/c13-9-5-10(14)11(15-6-9)16-7-12(3-4-12)8-1-2-8/h5-6,8H,1-4,7H2,(H,15,16). The summed E-state index contributed by atoms with van der Waals surface area (Å²) in [5.41, 5.74) is 0.619. The van der Waals surface area contributed by atoms with Crippen LogP contribution >= 0.6 is 31.9 Å². The van der Waals surface area contributed by atoms with E-state index in [-0.39, 0.29) is 0 Å². The van der Waals surface area contributed by atoms with Gasteiger partial charge in [-0.2, -0.15) is 0 Å². The van der Waals surface area contributed by atoms with Gasteiger partial charge in [0.15, 0.2) is 0 Å². The maximum Gasteiger partial charge on any atom is 0.140 e. The Morgan fingerprint density at radius 3 is 2.69 bits per heavy atom. The van der Waals surface area contributed by atoms with Crippen molar-refractivity contribution in [2.24, 2.45) is 11.3 Å². The first-order valence-electron chi connectivity index (χ1n) is 5.75. The zero-order valence-electron chi connectivity index (χ0n) is 8.97. The molecule has 2 nitrogen and oxygen atoms in total. The molecule has 1 heterocycles. The normalized spacial score (nSPS) is 21.9. The second kappa shape index (κ2) is 3.98. The molecule has 0 atom stereocenters. The predicted molar refractivity (Wildman–Crippen MR) is 72.5 cm³/mol. The van der Waals surface area contributed by atoms with E-state index in [1.54, 1.807) is 0 Å².